The Bertz CT molecular complexity index is 745. The van der Waals surface area contributed by atoms with E-state index in [1.54, 1.807) is 4.90 Å². The van der Waals surface area contributed by atoms with Crippen LogP contribution in [0, 0.1) is 0 Å². The van der Waals surface area contributed by atoms with Gasteiger partial charge in [-0.15, -0.1) is 0 Å². The van der Waals surface area contributed by atoms with E-state index in [1.165, 1.54) is 0 Å². The van der Waals surface area contributed by atoms with Crippen LogP contribution in [0.1, 0.15) is 6.42 Å². The van der Waals surface area contributed by atoms with Gasteiger partial charge < -0.3 is 20.4 Å². The highest BCUT2D eigenvalue weighted by atomic mass is 32.2. The third-order valence-electron chi connectivity index (χ3n) is 4.72. The summed E-state index contributed by atoms with van der Waals surface area (Å²) in [5.74, 6) is -0.0647. The number of nitrogens with zero attached hydrogens (tertiary/aromatic N) is 2. The maximum absolute atomic E-state index is 12.3. The minimum absolute atomic E-state index is 0.0319. The minimum atomic E-state index is -3.04. The van der Waals surface area contributed by atoms with E-state index in [2.05, 4.69) is 15.5 Å². The first-order valence-corrected chi connectivity index (χ1v) is 10.6. The predicted octanol–water partition coefficient (Wildman–Crippen LogP) is -0.178. The van der Waals surface area contributed by atoms with Crippen LogP contribution in [0.25, 0.3) is 0 Å². The lowest BCUT2D eigenvalue weighted by Crippen LogP contribution is -2.52. The van der Waals surface area contributed by atoms with E-state index >= 15 is 0 Å². The normalized spacial score (nSPS) is 22.1. The van der Waals surface area contributed by atoms with Crippen LogP contribution in [0.3, 0.4) is 0 Å². The van der Waals surface area contributed by atoms with Crippen LogP contribution < -0.4 is 15.5 Å². The zero-order valence-electron chi connectivity index (χ0n) is 14.6. The van der Waals surface area contributed by atoms with Crippen LogP contribution in [0.2, 0.25) is 0 Å². The molecule has 3 rings (SSSR count). The number of anilines is 1. The lowest BCUT2D eigenvalue weighted by Gasteiger charge is -2.36. The summed E-state index contributed by atoms with van der Waals surface area (Å²) < 4.78 is 22.8. The number of sulfone groups is 1. The number of urea groups is 1. The lowest BCUT2D eigenvalue weighted by atomic mass is 10.2. The van der Waals surface area contributed by atoms with E-state index in [-0.39, 0.29) is 30.0 Å². The number of benzene rings is 1. The summed E-state index contributed by atoms with van der Waals surface area (Å²) in [7, 11) is -3.04. The lowest BCUT2D eigenvalue weighted by molar-refractivity contribution is -0.130. The average Bonchev–Trinajstić information content (AvgIpc) is 2.99. The largest absolute Gasteiger partial charge is 0.368 e. The number of nitrogens with one attached hydrogen (secondary N) is 2. The molecule has 1 aromatic carbocycles. The monoisotopic (exact) mass is 380 g/mol. The molecule has 3 amide bonds. The molecule has 0 saturated carbocycles. The minimum Gasteiger partial charge on any atom is -0.368 e. The van der Waals surface area contributed by atoms with Gasteiger partial charge in [-0.3, -0.25) is 4.79 Å². The summed E-state index contributed by atoms with van der Waals surface area (Å²) >= 11 is 0. The molecule has 0 spiro atoms. The predicted molar refractivity (Wildman–Crippen MR) is 98.8 cm³/mol. The van der Waals surface area contributed by atoms with Crippen molar-refractivity contribution in [2.45, 2.75) is 12.5 Å². The van der Waals surface area contributed by atoms with Gasteiger partial charge in [-0.2, -0.15) is 0 Å². The first-order chi connectivity index (χ1) is 12.4. The molecular weight excluding hydrogens is 356 g/mol. The molecule has 1 unspecified atom stereocenters. The Labute approximate surface area is 153 Å². The third-order valence-corrected chi connectivity index (χ3v) is 6.49. The van der Waals surface area contributed by atoms with Crippen LogP contribution in [0.5, 0.6) is 0 Å². The molecule has 0 radical (unpaired) electrons. The van der Waals surface area contributed by atoms with E-state index in [4.69, 9.17) is 0 Å². The van der Waals surface area contributed by atoms with Gasteiger partial charge in [-0.1, -0.05) is 18.2 Å². The van der Waals surface area contributed by atoms with Crippen LogP contribution in [-0.4, -0.2) is 75.5 Å². The van der Waals surface area contributed by atoms with Crippen molar-refractivity contribution in [1.29, 1.82) is 0 Å². The van der Waals surface area contributed by atoms with Crippen LogP contribution in [0.4, 0.5) is 10.5 Å². The van der Waals surface area contributed by atoms with Gasteiger partial charge in [0, 0.05) is 37.9 Å². The Kier molecular flexibility index (Phi) is 5.65. The first kappa shape index (κ1) is 18.5. The summed E-state index contributed by atoms with van der Waals surface area (Å²) in [5, 5.41) is 5.14. The van der Waals surface area contributed by atoms with Crippen molar-refractivity contribution in [3.8, 4) is 0 Å². The van der Waals surface area contributed by atoms with Crippen molar-refractivity contribution in [2.24, 2.45) is 0 Å². The molecule has 2 heterocycles. The molecule has 1 atom stereocenters. The summed E-state index contributed by atoms with van der Waals surface area (Å²) in [4.78, 5) is 28.1. The topological polar surface area (TPSA) is 98.8 Å². The number of hydrogen-bond acceptors (Lipinski definition) is 5. The van der Waals surface area contributed by atoms with Crippen molar-refractivity contribution < 1.29 is 18.0 Å². The molecule has 2 aliphatic rings. The highest BCUT2D eigenvalue weighted by Gasteiger charge is 2.29. The average molecular weight is 380 g/mol. The maximum atomic E-state index is 12.3. The number of para-hydroxylation sites is 1. The van der Waals surface area contributed by atoms with Gasteiger partial charge in [0.15, 0.2) is 9.84 Å². The molecule has 0 aromatic heterocycles. The molecule has 2 N–H and O–H groups in total. The highest BCUT2D eigenvalue weighted by Crippen LogP contribution is 2.15. The molecular formula is C17H24N4O4S. The van der Waals surface area contributed by atoms with Gasteiger partial charge in [0.1, 0.15) is 0 Å². The SMILES string of the molecule is O=C(NCC(=O)N1CCN(c2ccccc2)CC1)NC1CCS(=O)(=O)C1. The Morgan fingerprint density at radius 1 is 1.08 bits per heavy atom. The van der Waals surface area contributed by atoms with Gasteiger partial charge >= 0.3 is 6.03 Å². The van der Waals surface area contributed by atoms with Gasteiger partial charge in [0.05, 0.1) is 18.1 Å². The highest BCUT2D eigenvalue weighted by molar-refractivity contribution is 7.91. The van der Waals surface area contributed by atoms with Gasteiger partial charge in [-0.25, -0.2) is 13.2 Å². The summed E-state index contributed by atoms with van der Waals surface area (Å²) in [6.07, 6.45) is 0.422. The fourth-order valence-electron chi connectivity index (χ4n) is 3.27. The number of carbonyl (C=O) groups excluding carboxylic acids is 2. The van der Waals surface area contributed by atoms with Crippen molar-refractivity contribution in [2.75, 3.05) is 49.1 Å². The Hall–Kier alpha value is -2.29. The second-order valence-electron chi connectivity index (χ2n) is 6.63. The zero-order valence-corrected chi connectivity index (χ0v) is 15.4. The summed E-state index contributed by atoms with van der Waals surface area (Å²) in [6.45, 7) is 2.64. The molecule has 2 saturated heterocycles. The molecule has 9 heteroatoms. The molecule has 1 aromatic rings. The van der Waals surface area contributed by atoms with Crippen molar-refractivity contribution in [3.05, 3.63) is 30.3 Å². The quantitative estimate of drug-likeness (QED) is 0.755. The van der Waals surface area contributed by atoms with Gasteiger partial charge in [0.2, 0.25) is 5.91 Å². The zero-order chi connectivity index (χ0) is 18.6. The van der Waals surface area contributed by atoms with E-state index in [0.717, 1.165) is 18.8 Å². The first-order valence-electron chi connectivity index (χ1n) is 8.75. The number of rotatable bonds is 4. The van der Waals surface area contributed by atoms with Crippen LogP contribution in [-0.2, 0) is 14.6 Å². The third kappa shape index (κ3) is 4.87. The van der Waals surface area contributed by atoms with E-state index in [0.29, 0.717) is 19.5 Å². The summed E-state index contributed by atoms with van der Waals surface area (Å²) in [5.41, 5.74) is 1.14. The van der Waals surface area contributed by atoms with E-state index in [1.807, 2.05) is 30.3 Å². The fraction of sp³-hybridized carbons (Fsp3) is 0.529. The second-order valence-corrected chi connectivity index (χ2v) is 8.86. The fourth-order valence-corrected chi connectivity index (χ4v) is 4.94. The van der Waals surface area contributed by atoms with E-state index < -0.39 is 15.9 Å². The van der Waals surface area contributed by atoms with Crippen molar-refractivity contribution in [1.82, 2.24) is 15.5 Å². The molecule has 2 aliphatic heterocycles. The van der Waals surface area contributed by atoms with Gasteiger partial charge in [-0.05, 0) is 18.6 Å². The van der Waals surface area contributed by atoms with E-state index in [9.17, 15) is 18.0 Å². The van der Waals surface area contributed by atoms with Crippen LogP contribution in [0.15, 0.2) is 30.3 Å². The maximum Gasteiger partial charge on any atom is 0.315 e. The van der Waals surface area contributed by atoms with Crippen LogP contribution >= 0.6 is 0 Å². The Morgan fingerprint density at radius 3 is 2.38 bits per heavy atom. The molecule has 2 fully saturated rings. The number of amides is 3. The van der Waals surface area contributed by atoms with Gasteiger partial charge in [0.25, 0.3) is 0 Å². The molecule has 142 valence electrons. The molecule has 8 nitrogen and oxygen atoms in total. The summed E-state index contributed by atoms with van der Waals surface area (Å²) in [6, 6.07) is 9.18. The molecule has 26 heavy (non-hydrogen) atoms. The number of carbonyl (C=O) groups is 2. The standard InChI is InChI=1S/C17H24N4O4S/c22-16(12-18-17(23)19-14-6-11-26(24,25)13-14)21-9-7-20(8-10-21)15-4-2-1-3-5-15/h1-5,14H,6-13H2,(H2,18,19,23). The smallest absolute Gasteiger partial charge is 0.315 e. The molecule has 0 bridgehead atoms. The number of piperazine rings is 1. The molecule has 0 aliphatic carbocycles. The number of hydrogen-bond donors (Lipinski definition) is 2. The Balaban J connectivity index is 1.38. The van der Waals surface area contributed by atoms with Crippen molar-refractivity contribution >= 4 is 27.5 Å². The Morgan fingerprint density at radius 2 is 1.77 bits per heavy atom. The van der Waals surface area contributed by atoms with Crippen molar-refractivity contribution in [3.63, 3.8) is 0 Å². The second kappa shape index (κ2) is 7.94.